The molecule has 3 aliphatic rings. The van der Waals surface area contributed by atoms with Crippen molar-refractivity contribution < 1.29 is 24.6 Å². The standard InChI is InChI=1S/C20H24N2O.C4H4O4/c1-2-20-9-5-7-13-15(21)10-14-12-6-3-4-8-16(12)22(17(23)11-20)19(14)18(13)20;5-3(6)1-2-4(7)8/h3-4,6,8,13,15,18H,2,5,7,9-11,21H2,1H3;1-2H,(H,5,6)(H,7,8)/b;2-1+/t13-,15+,18-,20+;/m0./s1. The lowest BCUT2D eigenvalue weighted by Gasteiger charge is -2.54. The van der Waals surface area contributed by atoms with Gasteiger partial charge in [-0.05, 0) is 48.6 Å². The number of fused-ring (bicyclic) bond motifs is 3. The molecular formula is C24H28N2O5. The Balaban J connectivity index is 0.000000250. The van der Waals surface area contributed by atoms with E-state index in [9.17, 15) is 14.4 Å². The molecule has 164 valence electrons. The molecule has 31 heavy (non-hydrogen) atoms. The number of carboxylic acid groups (broad SMARTS) is 2. The third kappa shape index (κ3) is 3.47. The molecule has 0 bridgehead atoms. The first kappa shape index (κ1) is 21.3. The average molecular weight is 424 g/mol. The van der Waals surface area contributed by atoms with Crippen LogP contribution in [0.3, 0.4) is 0 Å². The fourth-order valence-electron chi connectivity index (χ4n) is 6.19. The Kier molecular flexibility index (Phi) is 5.47. The van der Waals surface area contributed by atoms with Crippen LogP contribution in [-0.2, 0) is 16.0 Å². The number of aromatic nitrogens is 1. The number of rotatable bonds is 3. The van der Waals surface area contributed by atoms with E-state index in [2.05, 4.69) is 29.7 Å². The number of carbonyl (C=O) groups is 3. The van der Waals surface area contributed by atoms with Crippen molar-refractivity contribution in [2.45, 2.75) is 57.4 Å². The zero-order chi connectivity index (χ0) is 22.3. The van der Waals surface area contributed by atoms with Crippen LogP contribution in [0.1, 0.15) is 61.0 Å². The van der Waals surface area contributed by atoms with E-state index in [-0.39, 0.29) is 11.5 Å². The molecule has 7 heteroatoms. The van der Waals surface area contributed by atoms with E-state index in [4.69, 9.17) is 15.9 Å². The number of carboxylic acids is 2. The minimum Gasteiger partial charge on any atom is -0.478 e. The first-order valence-electron chi connectivity index (χ1n) is 10.8. The number of carbonyl (C=O) groups excluding carboxylic acids is 1. The zero-order valence-electron chi connectivity index (χ0n) is 17.6. The Hall–Kier alpha value is -2.93. The maximum Gasteiger partial charge on any atom is 0.328 e. The van der Waals surface area contributed by atoms with Crippen LogP contribution in [0, 0.1) is 11.3 Å². The number of aliphatic carboxylic acids is 2. The number of hydrogen-bond acceptors (Lipinski definition) is 4. The second-order valence-corrected chi connectivity index (χ2v) is 8.91. The van der Waals surface area contributed by atoms with Crippen LogP contribution in [0.25, 0.3) is 10.9 Å². The first-order valence-corrected chi connectivity index (χ1v) is 10.8. The van der Waals surface area contributed by atoms with Gasteiger partial charge in [-0.25, -0.2) is 9.59 Å². The van der Waals surface area contributed by atoms with Gasteiger partial charge in [0.2, 0.25) is 5.91 Å². The lowest BCUT2D eigenvalue weighted by atomic mass is 9.52. The van der Waals surface area contributed by atoms with Crippen LogP contribution < -0.4 is 5.73 Å². The van der Waals surface area contributed by atoms with Gasteiger partial charge in [-0.1, -0.05) is 31.5 Å². The van der Waals surface area contributed by atoms with Crippen LogP contribution in [-0.4, -0.2) is 38.7 Å². The molecule has 1 aliphatic heterocycles. The van der Waals surface area contributed by atoms with Crippen molar-refractivity contribution in [2.24, 2.45) is 17.1 Å². The quantitative estimate of drug-likeness (QED) is 0.648. The Morgan fingerprint density at radius 1 is 1.23 bits per heavy atom. The van der Waals surface area contributed by atoms with Crippen LogP contribution in [0.4, 0.5) is 0 Å². The van der Waals surface area contributed by atoms with E-state index >= 15 is 0 Å². The third-order valence-electron chi connectivity index (χ3n) is 7.43. The normalized spacial score (nSPS) is 28.7. The molecule has 2 aromatic rings. The molecule has 0 saturated heterocycles. The van der Waals surface area contributed by atoms with E-state index in [1.54, 1.807) is 0 Å². The Labute approximate surface area is 180 Å². The van der Waals surface area contributed by atoms with Gasteiger partial charge in [0.1, 0.15) is 0 Å². The van der Waals surface area contributed by atoms with Crippen molar-refractivity contribution in [1.29, 1.82) is 0 Å². The van der Waals surface area contributed by atoms with Gasteiger partial charge in [0.05, 0.1) is 5.52 Å². The summed E-state index contributed by atoms with van der Waals surface area (Å²) < 4.78 is 2.06. The topological polar surface area (TPSA) is 123 Å². The summed E-state index contributed by atoms with van der Waals surface area (Å²) in [5, 5.41) is 16.9. The van der Waals surface area contributed by atoms with Gasteiger partial charge < -0.3 is 15.9 Å². The van der Waals surface area contributed by atoms with Crippen molar-refractivity contribution in [1.82, 2.24) is 4.57 Å². The van der Waals surface area contributed by atoms with Crippen LogP contribution in [0.2, 0.25) is 0 Å². The molecule has 2 heterocycles. The largest absolute Gasteiger partial charge is 0.478 e. The fraction of sp³-hybridized carbons (Fsp3) is 0.458. The summed E-state index contributed by atoms with van der Waals surface area (Å²) in [5.74, 6) is -1.19. The van der Waals surface area contributed by atoms with E-state index in [1.165, 1.54) is 35.9 Å². The highest BCUT2D eigenvalue weighted by molar-refractivity contribution is 5.98. The second kappa shape index (κ2) is 7.96. The second-order valence-electron chi connectivity index (χ2n) is 8.91. The van der Waals surface area contributed by atoms with Crippen molar-refractivity contribution in [3.05, 3.63) is 47.7 Å². The lowest BCUT2D eigenvalue weighted by molar-refractivity contribution is -0.134. The monoisotopic (exact) mass is 424 g/mol. The predicted molar refractivity (Wildman–Crippen MR) is 116 cm³/mol. The average Bonchev–Trinajstić information content (AvgIpc) is 3.07. The molecule has 5 rings (SSSR count). The highest BCUT2D eigenvalue weighted by atomic mass is 16.4. The van der Waals surface area contributed by atoms with Gasteiger partial charge in [0.15, 0.2) is 0 Å². The summed E-state index contributed by atoms with van der Waals surface area (Å²) in [7, 11) is 0. The Morgan fingerprint density at radius 2 is 1.90 bits per heavy atom. The van der Waals surface area contributed by atoms with Crippen LogP contribution in [0.15, 0.2) is 36.4 Å². The van der Waals surface area contributed by atoms with E-state index < -0.39 is 11.9 Å². The fourth-order valence-corrected chi connectivity index (χ4v) is 6.19. The summed E-state index contributed by atoms with van der Waals surface area (Å²) >= 11 is 0. The number of benzene rings is 1. The summed E-state index contributed by atoms with van der Waals surface area (Å²) in [6.45, 7) is 2.27. The molecule has 0 radical (unpaired) electrons. The first-order chi connectivity index (χ1) is 14.8. The van der Waals surface area contributed by atoms with Crippen molar-refractivity contribution >= 4 is 28.7 Å². The van der Waals surface area contributed by atoms with E-state index in [1.807, 2.05) is 6.07 Å². The minimum atomic E-state index is -1.26. The summed E-state index contributed by atoms with van der Waals surface area (Å²) in [4.78, 5) is 32.2. The molecule has 1 fully saturated rings. The van der Waals surface area contributed by atoms with E-state index in [0.29, 0.717) is 36.3 Å². The maximum absolute atomic E-state index is 13.1. The van der Waals surface area contributed by atoms with Gasteiger partial charge in [0, 0.05) is 41.6 Å². The molecule has 0 amide bonds. The minimum absolute atomic E-state index is 0.150. The van der Waals surface area contributed by atoms with Gasteiger partial charge in [0.25, 0.3) is 0 Å². The van der Waals surface area contributed by atoms with Crippen LogP contribution >= 0.6 is 0 Å². The maximum atomic E-state index is 13.1. The number of nitrogens with two attached hydrogens (primary N) is 1. The molecule has 0 unspecified atom stereocenters. The van der Waals surface area contributed by atoms with Gasteiger partial charge in [-0.3, -0.25) is 9.36 Å². The van der Waals surface area contributed by atoms with Crippen LogP contribution in [0.5, 0.6) is 0 Å². The molecule has 4 N–H and O–H groups in total. The molecule has 7 nitrogen and oxygen atoms in total. The highest BCUT2D eigenvalue weighted by Gasteiger charge is 2.55. The molecule has 4 atom stereocenters. The molecule has 0 spiro atoms. The predicted octanol–water partition coefficient (Wildman–Crippen LogP) is 3.56. The smallest absolute Gasteiger partial charge is 0.328 e. The molecule has 1 saturated carbocycles. The van der Waals surface area contributed by atoms with Gasteiger partial charge >= 0.3 is 11.9 Å². The molecular weight excluding hydrogens is 396 g/mol. The third-order valence-corrected chi connectivity index (χ3v) is 7.43. The van der Waals surface area contributed by atoms with Crippen molar-refractivity contribution in [3.8, 4) is 0 Å². The Bertz CT molecular complexity index is 1070. The van der Waals surface area contributed by atoms with Crippen molar-refractivity contribution in [2.75, 3.05) is 0 Å². The Morgan fingerprint density at radius 3 is 2.55 bits per heavy atom. The lowest BCUT2D eigenvalue weighted by Crippen LogP contribution is -2.52. The van der Waals surface area contributed by atoms with E-state index in [0.717, 1.165) is 18.4 Å². The van der Waals surface area contributed by atoms with Gasteiger partial charge in [-0.2, -0.15) is 0 Å². The number of nitrogens with zero attached hydrogens (tertiary/aromatic N) is 1. The summed E-state index contributed by atoms with van der Waals surface area (Å²) in [6, 6.07) is 8.65. The molecule has 2 aliphatic carbocycles. The van der Waals surface area contributed by atoms with Crippen molar-refractivity contribution in [3.63, 3.8) is 0 Å². The van der Waals surface area contributed by atoms with Gasteiger partial charge in [-0.15, -0.1) is 0 Å². The SMILES string of the molecule is CC[C@@]12CCC[C@H]3[C@H](N)Cc4c(n(c5ccccc45)C(=O)C1)[C@H]32.O=C(O)/C=C/C(=O)O. The number of para-hydroxylation sites is 1. The molecule has 1 aromatic carbocycles. The number of hydrogen-bond donors (Lipinski definition) is 3. The summed E-state index contributed by atoms with van der Waals surface area (Å²) in [6.07, 6.45) is 7.47. The highest BCUT2D eigenvalue weighted by Crippen LogP contribution is 2.61. The summed E-state index contributed by atoms with van der Waals surface area (Å²) in [5.41, 5.74) is 10.6. The zero-order valence-corrected chi connectivity index (χ0v) is 17.6. The molecule has 1 aromatic heterocycles.